The van der Waals surface area contributed by atoms with Crippen molar-refractivity contribution in [2.24, 2.45) is 0 Å². The third-order valence-corrected chi connectivity index (χ3v) is 4.13. The van der Waals surface area contributed by atoms with E-state index in [0.717, 1.165) is 17.7 Å². The number of methoxy groups -OCH3 is 1. The Morgan fingerprint density at radius 1 is 1.30 bits per heavy atom. The molecule has 5 heteroatoms. The van der Waals surface area contributed by atoms with Gasteiger partial charge in [0.1, 0.15) is 11.6 Å². The van der Waals surface area contributed by atoms with Gasteiger partial charge in [-0.05, 0) is 60.8 Å². The first-order valence-electron chi connectivity index (χ1n) is 7.57. The van der Waals surface area contributed by atoms with E-state index in [4.69, 9.17) is 4.74 Å². The van der Waals surface area contributed by atoms with Crippen molar-refractivity contribution in [1.82, 2.24) is 5.32 Å². The van der Waals surface area contributed by atoms with Crippen molar-refractivity contribution in [3.05, 3.63) is 58.4 Å². The van der Waals surface area contributed by atoms with E-state index in [2.05, 4.69) is 10.6 Å². The molecule has 120 valence electrons. The van der Waals surface area contributed by atoms with Crippen LogP contribution in [0.15, 0.2) is 30.3 Å². The van der Waals surface area contributed by atoms with Crippen LogP contribution in [-0.4, -0.2) is 19.6 Å². The fourth-order valence-corrected chi connectivity index (χ4v) is 2.84. The molecular weight excluding hydrogens is 295 g/mol. The van der Waals surface area contributed by atoms with E-state index in [0.29, 0.717) is 29.8 Å². The number of ether oxygens (including phenoxy) is 1. The van der Waals surface area contributed by atoms with E-state index in [-0.39, 0.29) is 17.4 Å². The van der Waals surface area contributed by atoms with Crippen molar-refractivity contribution < 1.29 is 13.9 Å². The summed E-state index contributed by atoms with van der Waals surface area (Å²) < 4.78 is 19.7. The summed E-state index contributed by atoms with van der Waals surface area (Å²) in [5.74, 6) is 0.0352. The molecule has 0 atom stereocenters. The lowest BCUT2D eigenvalue weighted by molar-refractivity contribution is 0.102. The predicted molar refractivity (Wildman–Crippen MR) is 87.5 cm³/mol. The molecule has 2 aromatic carbocycles. The van der Waals surface area contributed by atoms with E-state index in [1.165, 1.54) is 0 Å². The molecule has 0 aliphatic carbocycles. The minimum atomic E-state index is -0.330. The molecule has 2 aromatic rings. The summed E-state index contributed by atoms with van der Waals surface area (Å²) in [4.78, 5) is 12.4. The molecule has 1 aliphatic heterocycles. The van der Waals surface area contributed by atoms with E-state index in [1.807, 2.05) is 13.0 Å². The summed E-state index contributed by atoms with van der Waals surface area (Å²) in [5.41, 5.74) is 3.15. The van der Waals surface area contributed by atoms with Crippen molar-refractivity contribution in [1.29, 1.82) is 0 Å². The number of carbonyl (C=O) groups is 1. The Bertz CT molecular complexity index is 759. The second kappa shape index (κ2) is 6.38. The number of carbonyl (C=O) groups excluding carboxylic acids is 1. The lowest BCUT2D eigenvalue weighted by Gasteiger charge is -2.19. The first-order valence-corrected chi connectivity index (χ1v) is 7.57. The fourth-order valence-electron chi connectivity index (χ4n) is 2.84. The molecule has 2 N–H and O–H groups in total. The van der Waals surface area contributed by atoms with Crippen LogP contribution in [0.25, 0.3) is 0 Å². The van der Waals surface area contributed by atoms with Gasteiger partial charge in [-0.3, -0.25) is 4.79 Å². The maximum absolute atomic E-state index is 14.6. The van der Waals surface area contributed by atoms with Crippen LogP contribution >= 0.6 is 0 Å². The Balaban J connectivity index is 1.86. The molecule has 1 amide bonds. The molecule has 0 saturated heterocycles. The van der Waals surface area contributed by atoms with Gasteiger partial charge in [0.25, 0.3) is 5.91 Å². The predicted octanol–water partition coefficient (Wildman–Crippen LogP) is 3.04. The zero-order valence-corrected chi connectivity index (χ0v) is 13.2. The monoisotopic (exact) mass is 314 g/mol. The van der Waals surface area contributed by atoms with Crippen molar-refractivity contribution in [2.75, 3.05) is 19.0 Å². The highest BCUT2D eigenvalue weighted by Gasteiger charge is 2.18. The van der Waals surface area contributed by atoms with Crippen LogP contribution in [0.5, 0.6) is 5.75 Å². The second-order valence-electron chi connectivity index (χ2n) is 5.63. The third kappa shape index (κ3) is 3.05. The molecule has 23 heavy (non-hydrogen) atoms. The van der Waals surface area contributed by atoms with Gasteiger partial charge in [-0.15, -0.1) is 0 Å². The van der Waals surface area contributed by atoms with Gasteiger partial charge in [0, 0.05) is 12.1 Å². The number of rotatable bonds is 3. The average Bonchev–Trinajstić information content (AvgIpc) is 2.57. The summed E-state index contributed by atoms with van der Waals surface area (Å²) in [5, 5.41) is 5.89. The summed E-state index contributed by atoms with van der Waals surface area (Å²) in [6, 6.07) is 8.67. The van der Waals surface area contributed by atoms with Crippen LogP contribution in [-0.2, 0) is 13.0 Å². The minimum absolute atomic E-state index is 0.228. The molecule has 0 saturated carbocycles. The lowest BCUT2D eigenvalue weighted by Crippen LogP contribution is -2.25. The smallest absolute Gasteiger partial charge is 0.256 e. The van der Waals surface area contributed by atoms with Crippen LogP contribution < -0.4 is 15.4 Å². The lowest BCUT2D eigenvalue weighted by atomic mass is 9.99. The first-order chi connectivity index (χ1) is 11.1. The normalized spacial score (nSPS) is 13.3. The van der Waals surface area contributed by atoms with Gasteiger partial charge in [-0.1, -0.05) is 6.07 Å². The maximum Gasteiger partial charge on any atom is 0.256 e. The minimum Gasteiger partial charge on any atom is -0.497 e. The van der Waals surface area contributed by atoms with Gasteiger partial charge in [-0.2, -0.15) is 0 Å². The number of anilines is 1. The van der Waals surface area contributed by atoms with Gasteiger partial charge in [-0.25, -0.2) is 4.39 Å². The Morgan fingerprint density at radius 3 is 2.87 bits per heavy atom. The number of aryl methyl sites for hydroxylation is 1. The molecule has 0 aromatic heterocycles. The zero-order chi connectivity index (χ0) is 16.4. The van der Waals surface area contributed by atoms with E-state index >= 15 is 0 Å². The number of amides is 1. The topological polar surface area (TPSA) is 50.4 Å². The highest BCUT2D eigenvalue weighted by atomic mass is 19.1. The fraction of sp³-hybridized carbons (Fsp3) is 0.278. The Labute approximate surface area is 134 Å². The molecule has 0 radical (unpaired) electrons. The molecule has 4 nitrogen and oxygen atoms in total. The van der Waals surface area contributed by atoms with E-state index in [9.17, 15) is 9.18 Å². The Kier molecular flexibility index (Phi) is 4.30. The molecule has 0 spiro atoms. The molecule has 0 unspecified atom stereocenters. The van der Waals surface area contributed by atoms with Crippen LogP contribution in [0.4, 0.5) is 10.1 Å². The highest BCUT2D eigenvalue weighted by molar-refractivity contribution is 6.05. The van der Waals surface area contributed by atoms with Crippen molar-refractivity contribution in [3.8, 4) is 5.75 Å². The molecule has 1 heterocycles. The Hall–Kier alpha value is -2.40. The van der Waals surface area contributed by atoms with Crippen molar-refractivity contribution in [2.45, 2.75) is 19.9 Å². The SMILES string of the molecule is COc1ccc(C(=O)Nc2ccc3c(c2F)CCNC3)c(C)c1. The molecule has 0 fully saturated rings. The van der Waals surface area contributed by atoms with Crippen LogP contribution in [0, 0.1) is 12.7 Å². The number of hydrogen-bond acceptors (Lipinski definition) is 3. The van der Waals surface area contributed by atoms with Gasteiger partial charge in [0.05, 0.1) is 12.8 Å². The van der Waals surface area contributed by atoms with Crippen molar-refractivity contribution >= 4 is 11.6 Å². The highest BCUT2D eigenvalue weighted by Crippen LogP contribution is 2.25. The van der Waals surface area contributed by atoms with Crippen LogP contribution in [0.2, 0.25) is 0 Å². The largest absolute Gasteiger partial charge is 0.497 e. The summed E-state index contributed by atoms with van der Waals surface area (Å²) in [7, 11) is 1.58. The van der Waals surface area contributed by atoms with Crippen LogP contribution in [0.3, 0.4) is 0 Å². The molecule has 1 aliphatic rings. The number of hydrogen-bond donors (Lipinski definition) is 2. The maximum atomic E-state index is 14.6. The Morgan fingerprint density at radius 2 is 2.13 bits per heavy atom. The van der Waals surface area contributed by atoms with E-state index < -0.39 is 0 Å². The van der Waals surface area contributed by atoms with Gasteiger partial charge >= 0.3 is 0 Å². The quantitative estimate of drug-likeness (QED) is 0.915. The number of halogens is 1. The summed E-state index contributed by atoms with van der Waals surface area (Å²) in [6.07, 6.45) is 0.631. The number of nitrogens with one attached hydrogen (secondary N) is 2. The van der Waals surface area contributed by atoms with Gasteiger partial charge < -0.3 is 15.4 Å². The molecule has 0 bridgehead atoms. The van der Waals surface area contributed by atoms with Crippen molar-refractivity contribution in [3.63, 3.8) is 0 Å². The first kappa shape index (κ1) is 15.5. The molecule has 3 rings (SSSR count). The van der Waals surface area contributed by atoms with Gasteiger partial charge in [0.15, 0.2) is 0 Å². The second-order valence-corrected chi connectivity index (χ2v) is 5.63. The average molecular weight is 314 g/mol. The van der Waals surface area contributed by atoms with Crippen LogP contribution in [0.1, 0.15) is 27.0 Å². The summed E-state index contributed by atoms with van der Waals surface area (Å²) >= 11 is 0. The third-order valence-electron chi connectivity index (χ3n) is 4.13. The molecular formula is C18H19FN2O2. The standard InChI is InChI=1S/C18H19FN2O2/c1-11-9-13(23-2)4-5-14(11)18(22)21-16-6-3-12-10-20-8-7-15(12)17(16)19/h3-6,9,20H,7-8,10H2,1-2H3,(H,21,22). The zero-order valence-electron chi connectivity index (χ0n) is 13.2. The summed E-state index contributed by atoms with van der Waals surface area (Å²) in [6.45, 7) is 3.24. The number of benzene rings is 2. The van der Waals surface area contributed by atoms with Gasteiger partial charge in [0.2, 0.25) is 0 Å². The number of fused-ring (bicyclic) bond motifs is 1. The van der Waals surface area contributed by atoms with E-state index in [1.54, 1.807) is 31.4 Å².